The maximum atomic E-state index is 13.7. The first-order valence-corrected chi connectivity index (χ1v) is 8.61. The highest BCUT2D eigenvalue weighted by Gasteiger charge is 2.36. The van der Waals surface area contributed by atoms with Crippen molar-refractivity contribution in [2.75, 3.05) is 0 Å². The van der Waals surface area contributed by atoms with Crippen LogP contribution in [0.1, 0.15) is 17.0 Å². The van der Waals surface area contributed by atoms with Gasteiger partial charge in [0.05, 0.1) is 17.5 Å². The molecular weight excluding hydrogens is 410 g/mol. The van der Waals surface area contributed by atoms with Crippen molar-refractivity contribution in [2.45, 2.75) is 19.3 Å². The average molecular weight is 422 g/mol. The van der Waals surface area contributed by atoms with E-state index in [4.69, 9.17) is 0 Å². The molecule has 4 nitrogen and oxygen atoms in total. The molecule has 0 spiro atoms. The lowest BCUT2D eigenvalue weighted by Gasteiger charge is -2.12. The zero-order valence-corrected chi connectivity index (χ0v) is 15.3. The van der Waals surface area contributed by atoms with E-state index in [0.29, 0.717) is 21.3 Å². The number of nitrogens with zero attached hydrogens (tertiary/aromatic N) is 4. The number of rotatable bonds is 2. The molecule has 0 aliphatic heterocycles. The quantitative estimate of drug-likeness (QED) is 0.383. The van der Waals surface area contributed by atoms with Gasteiger partial charge in [0.15, 0.2) is 11.3 Å². The topological polar surface area (TPSA) is 43.1 Å². The van der Waals surface area contributed by atoms with E-state index < -0.39 is 23.6 Å². The lowest BCUT2D eigenvalue weighted by molar-refractivity contribution is -0.142. The Hall–Kier alpha value is -3.43. The first-order valence-electron chi connectivity index (χ1n) is 8.61. The van der Waals surface area contributed by atoms with Crippen LogP contribution in [-0.2, 0) is 12.4 Å². The molecule has 0 saturated heterocycles. The highest BCUT2D eigenvalue weighted by atomic mass is 19.4. The van der Waals surface area contributed by atoms with Crippen LogP contribution in [0, 0.1) is 6.92 Å². The molecule has 1 aromatic carbocycles. The fourth-order valence-corrected chi connectivity index (χ4v) is 3.06. The molecule has 0 N–H and O–H groups in total. The number of hydrogen-bond acceptors (Lipinski definition) is 3. The van der Waals surface area contributed by atoms with Gasteiger partial charge in [-0.05, 0) is 42.8 Å². The minimum absolute atomic E-state index is 0.0645. The predicted molar refractivity (Wildman–Crippen MR) is 96.4 cm³/mol. The Labute approximate surface area is 165 Å². The van der Waals surface area contributed by atoms with Crippen molar-refractivity contribution >= 4 is 5.65 Å². The zero-order chi connectivity index (χ0) is 21.7. The molecule has 4 rings (SSSR count). The average Bonchev–Trinajstić information content (AvgIpc) is 3.10. The maximum Gasteiger partial charge on any atom is 0.433 e. The van der Waals surface area contributed by atoms with Crippen LogP contribution < -0.4 is 0 Å². The molecule has 0 aliphatic carbocycles. The monoisotopic (exact) mass is 422 g/mol. The molecule has 10 heteroatoms. The fraction of sp³-hybridized carbons (Fsp3) is 0.150. The number of aryl methyl sites for hydroxylation is 1. The number of alkyl halides is 6. The summed E-state index contributed by atoms with van der Waals surface area (Å²) in [6.07, 6.45) is -6.52. The Morgan fingerprint density at radius 2 is 1.53 bits per heavy atom. The summed E-state index contributed by atoms with van der Waals surface area (Å²) in [7, 11) is 0. The smallest absolute Gasteiger partial charge is 0.262 e. The van der Waals surface area contributed by atoms with Gasteiger partial charge in [-0.3, -0.25) is 4.98 Å². The zero-order valence-electron chi connectivity index (χ0n) is 15.3. The molecule has 0 bridgehead atoms. The lowest BCUT2D eigenvalue weighted by atomic mass is 10.1. The normalized spacial score (nSPS) is 12.5. The second-order valence-corrected chi connectivity index (χ2v) is 6.58. The van der Waals surface area contributed by atoms with Crippen molar-refractivity contribution in [3.05, 3.63) is 71.8 Å². The largest absolute Gasteiger partial charge is 0.433 e. The van der Waals surface area contributed by atoms with Crippen molar-refractivity contribution in [1.29, 1.82) is 0 Å². The summed E-state index contributed by atoms with van der Waals surface area (Å²) in [6, 6.07) is 7.85. The van der Waals surface area contributed by atoms with Crippen LogP contribution in [-0.4, -0.2) is 19.6 Å². The Morgan fingerprint density at radius 1 is 0.833 bits per heavy atom. The van der Waals surface area contributed by atoms with E-state index in [1.807, 2.05) is 0 Å². The number of hydrogen-bond donors (Lipinski definition) is 0. The predicted octanol–water partition coefficient (Wildman–Crippen LogP) is 5.80. The Balaban J connectivity index is 1.94. The van der Waals surface area contributed by atoms with Crippen molar-refractivity contribution in [3.8, 4) is 22.4 Å². The van der Waals surface area contributed by atoms with Gasteiger partial charge >= 0.3 is 12.4 Å². The summed E-state index contributed by atoms with van der Waals surface area (Å²) in [4.78, 5) is 8.34. The number of halogens is 6. The van der Waals surface area contributed by atoms with E-state index >= 15 is 0 Å². The molecule has 0 atom stereocenters. The number of benzene rings is 1. The molecule has 0 radical (unpaired) electrons. The van der Waals surface area contributed by atoms with Gasteiger partial charge in [-0.25, -0.2) is 9.50 Å². The minimum Gasteiger partial charge on any atom is -0.262 e. The third-order valence-corrected chi connectivity index (χ3v) is 4.48. The number of aromatic nitrogens is 4. The van der Waals surface area contributed by atoms with Crippen LogP contribution in [0.15, 0.2) is 54.9 Å². The van der Waals surface area contributed by atoms with Crippen molar-refractivity contribution in [1.82, 2.24) is 19.6 Å². The highest BCUT2D eigenvalue weighted by Crippen LogP contribution is 2.36. The van der Waals surface area contributed by atoms with E-state index in [2.05, 4.69) is 15.1 Å². The SMILES string of the molecule is Cc1cc(-c2cnn3c(C(F)(F)F)cc(-c4ccc(C(F)(F)F)cc4)nc23)ccn1. The van der Waals surface area contributed by atoms with Crippen LogP contribution in [0.2, 0.25) is 0 Å². The van der Waals surface area contributed by atoms with E-state index in [9.17, 15) is 26.3 Å². The molecule has 3 aromatic heterocycles. The van der Waals surface area contributed by atoms with Crippen molar-refractivity contribution in [3.63, 3.8) is 0 Å². The van der Waals surface area contributed by atoms with Crippen LogP contribution in [0.3, 0.4) is 0 Å². The first-order chi connectivity index (χ1) is 14.0. The minimum atomic E-state index is -4.75. The van der Waals surface area contributed by atoms with Gasteiger partial charge in [0.25, 0.3) is 0 Å². The summed E-state index contributed by atoms with van der Waals surface area (Å²) < 4.78 is 80.1. The highest BCUT2D eigenvalue weighted by molar-refractivity contribution is 5.79. The Bertz CT molecular complexity index is 1220. The molecule has 30 heavy (non-hydrogen) atoms. The number of fused-ring (bicyclic) bond motifs is 1. The van der Waals surface area contributed by atoms with Crippen LogP contribution >= 0.6 is 0 Å². The standard InChI is InChI=1S/C20H12F6N4/c1-11-8-13(6-7-27-11)15-10-28-30-17(20(24,25)26)9-16(29-18(15)30)12-2-4-14(5-3-12)19(21,22)23/h2-10H,1H3. The molecular formula is C20H12F6N4. The Kier molecular flexibility index (Phi) is 4.52. The van der Waals surface area contributed by atoms with Crippen LogP contribution in [0.25, 0.3) is 28.0 Å². The summed E-state index contributed by atoms with van der Waals surface area (Å²) in [6.45, 7) is 1.73. The summed E-state index contributed by atoms with van der Waals surface area (Å²) in [5.41, 5.74) is -0.472. The van der Waals surface area contributed by atoms with Crippen LogP contribution in [0.5, 0.6) is 0 Å². The fourth-order valence-electron chi connectivity index (χ4n) is 3.06. The van der Waals surface area contributed by atoms with Gasteiger partial charge < -0.3 is 0 Å². The molecule has 4 aromatic rings. The van der Waals surface area contributed by atoms with Gasteiger partial charge in [0.2, 0.25) is 0 Å². The molecule has 0 amide bonds. The second kappa shape index (κ2) is 6.82. The van der Waals surface area contributed by atoms with Gasteiger partial charge in [0.1, 0.15) is 0 Å². The van der Waals surface area contributed by atoms with Crippen molar-refractivity contribution < 1.29 is 26.3 Å². The molecule has 0 fully saturated rings. The van der Waals surface area contributed by atoms with E-state index in [0.717, 1.165) is 30.3 Å². The van der Waals surface area contributed by atoms with Gasteiger partial charge in [0, 0.05) is 23.0 Å². The molecule has 0 unspecified atom stereocenters. The number of pyridine rings is 1. The summed E-state index contributed by atoms with van der Waals surface area (Å²) >= 11 is 0. The van der Waals surface area contributed by atoms with Gasteiger partial charge in [-0.1, -0.05) is 12.1 Å². The third-order valence-electron chi connectivity index (χ3n) is 4.48. The third kappa shape index (κ3) is 3.60. The summed E-state index contributed by atoms with van der Waals surface area (Å²) in [5, 5.41) is 3.84. The molecule has 0 aliphatic rings. The van der Waals surface area contributed by atoms with Crippen molar-refractivity contribution in [2.24, 2.45) is 0 Å². The molecule has 3 heterocycles. The Morgan fingerprint density at radius 3 is 2.13 bits per heavy atom. The summed E-state index contributed by atoms with van der Waals surface area (Å²) in [5.74, 6) is 0. The van der Waals surface area contributed by atoms with Gasteiger partial charge in [-0.2, -0.15) is 31.4 Å². The van der Waals surface area contributed by atoms with Gasteiger partial charge in [-0.15, -0.1) is 0 Å². The van der Waals surface area contributed by atoms with E-state index in [1.54, 1.807) is 19.1 Å². The van der Waals surface area contributed by atoms with E-state index in [1.165, 1.54) is 12.4 Å². The van der Waals surface area contributed by atoms with Crippen LogP contribution in [0.4, 0.5) is 26.3 Å². The first kappa shape index (κ1) is 19.9. The van der Waals surface area contributed by atoms with E-state index in [-0.39, 0.29) is 16.9 Å². The molecule has 0 saturated carbocycles. The lowest BCUT2D eigenvalue weighted by Crippen LogP contribution is -2.13. The molecule has 154 valence electrons. The maximum absolute atomic E-state index is 13.7. The second-order valence-electron chi connectivity index (χ2n) is 6.58.